The average molecular weight is 315 g/mol. The number of nitrogens with zero attached hydrogens (tertiary/aromatic N) is 3. The summed E-state index contributed by atoms with van der Waals surface area (Å²) >= 11 is 0. The van der Waals surface area contributed by atoms with E-state index in [1.165, 1.54) is 0 Å². The van der Waals surface area contributed by atoms with E-state index in [0.29, 0.717) is 31.3 Å². The third-order valence-electron chi connectivity index (χ3n) is 4.61. The molecule has 2 aliphatic rings. The lowest BCUT2D eigenvalue weighted by molar-refractivity contribution is 0.170. The highest BCUT2D eigenvalue weighted by atomic mass is 16.5. The number of β-amino-alcohol motifs (C(OH)–C–C–N with tert-alkyl or cyclic N) is 1. The quantitative estimate of drug-likeness (QED) is 0.912. The molecule has 2 aromatic rings. The van der Waals surface area contributed by atoms with Gasteiger partial charge in [-0.1, -0.05) is 17.3 Å². The number of hydrogen-bond donors (Lipinski definition) is 1. The number of aliphatic hydroxyl groups excluding tert-OH is 1. The number of benzene rings is 1. The molecule has 1 aromatic heterocycles. The molecule has 0 amide bonds. The van der Waals surface area contributed by atoms with E-state index >= 15 is 0 Å². The van der Waals surface area contributed by atoms with E-state index in [1.54, 1.807) is 7.11 Å². The van der Waals surface area contributed by atoms with Gasteiger partial charge in [0.1, 0.15) is 5.75 Å². The van der Waals surface area contributed by atoms with Crippen LogP contribution >= 0.6 is 0 Å². The van der Waals surface area contributed by atoms with Gasteiger partial charge in [0.15, 0.2) is 5.82 Å². The molecular formula is C17H21N3O3. The Morgan fingerprint density at radius 2 is 2.26 bits per heavy atom. The molecule has 2 heterocycles. The number of aliphatic hydroxyl groups is 1. The van der Waals surface area contributed by atoms with Crippen molar-refractivity contribution in [2.45, 2.75) is 43.9 Å². The Kier molecular flexibility index (Phi) is 3.79. The van der Waals surface area contributed by atoms with Crippen molar-refractivity contribution in [3.05, 3.63) is 41.5 Å². The van der Waals surface area contributed by atoms with Gasteiger partial charge in [-0.25, -0.2) is 0 Å². The van der Waals surface area contributed by atoms with Crippen molar-refractivity contribution in [2.24, 2.45) is 0 Å². The molecule has 2 fully saturated rings. The number of methoxy groups -OCH3 is 1. The van der Waals surface area contributed by atoms with Crippen LogP contribution in [0.1, 0.15) is 48.5 Å². The van der Waals surface area contributed by atoms with Gasteiger partial charge in [-0.15, -0.1) is 0 Å². The highest BCUT2D eigenvalue weighted by Crippen LogP contribution is 2.39. The summed E-state index contributed by atoms with van der Waals surface area (Å²) in [4.78, 5) is 6.71. The first-order valence-electron chi connectivity index (χ1n) is 8.11. The maximum absolute atomic E-state index is 10.1. The minimum atomic E-state index is -0.332. The smallest absolute Gasteiger partial charge is 0.229 e. The number of aromatic nitrogens is 2. The Hall–Kier alpha value is -1.92. The molecule has 0 radical (unpaired) electrons. The molecule has 2 atom stereocenters. The lowest BCUT2D eigenvalue weighted by Gasteiger charge is -2.23. The maximum Gasteiger partial charge on any atom is 0.229 e. The standard InChI is InChI=1S/C17H21N3O3/c1-22-14-4-2-3-12(7-14)15-8-13(21)9-20(15)10-16-18-17(23-19-16)11-5-6-11/h2-4,7,11,13,15,21H,5-6,8-10H2,1H3. The Labute approximate surface area is 135 Å². The molecule has 1 aliphatic heterocycles. The van der Waals surface area contributed by atoms with E-state index in [2.05, 4.69) is 21.1 Å². The summed E-state index contributed by atoms with van der Waals surface area (Å²) in [5.74, 6) is 2.76. The van der Waals surface area contributed by atoms with Gasteiger partial charge in [0, 0.05) is 18.5 Å². The van der Waals surface area contributed by atoms with E-state index in [0.717, 1.165) is 30.0 Å². The summed E-state index contributed by atoms with van der Waals surface area (Å²) < 4.78 is 10.6. The van der Waals surface area contributed by atoms with Gasteiger partial charge in [0.05, 0.1) is 19.8 Å². The topological polar surface area (TPSA) is 71.6 Å². The molecule has 0 spiro atoms. The number of hydrogen-bond acceptors (Lipinski definition) is 6. The van der Waals surface area contributed by atoms with Gasteiger partial charge in [-0.2, -0.15) is 4.98 Å². The van der Waals surface area contributed by atoms with Crippen molar-refractivity contribution in [2.75, 3.05) is 13.7 Å². The Balaban J connectivity index is 1.52. The first-order valence-corrected chi connectivity index (χ1v) is 8.11. The summed E-state index contributed by atoms with van der Waals surface area (Å²) in [6.07, 6.45) is 2.68. The Morgan fingerprint density at radius 1 is 1.39 bits per heavy atom. The average Bonchev–Trinajstić information content (AvgIpc) is 3.21. The first-order chi connectivity index (χ1) is 11.2. The molecule has 1 N–H and O–H groups in total. The van der Waals surface area contributed by atoms with Crippen molar-refractivity contribution in [3.8, 4) is 5.75 Å². The van der Waals surface area contributed by atoms with Crippen LogP contribution in [0, 0.1) is 0 Å². The first kappa shape index (κ1) is 14.7. The largest absolute Gasteiger partial charge is 0.497 e. The van der Waals surface area contributed by atoms with Crippen molar-refractivity contribution in [3.63, 3.8) is 0 Å². The molecule has 1 aliphatic carbocycles. The second-order valence-corrected chi connectivity index (χ2v) is 6.43. The van der Waals surface area contributed by atoms with Crippen LogP contribution in [-0.2, 0) is 6.54 Å². The van der Waals surface area contributed by atoms with E-state index in [-0.39, 0.29) is 12.1 Å². The van der Waals surface area contributed by atoms with E-state index in [1.807, 2.05) is 18.2 Å². The van der Waals surface area contributed by atoms with Gasteiger partial charge >= 0.3 is 0 Å². The fraction of sp³-hybridized carbons (Fsp3) is 0.529. The molecule has 122 valence electrons. The molecule has 1 aromatic carbocycles. The van der Waals surface area contributed by atoms with E-state index in [4.69, 9.17) is 9.26 Å². The third-order valence-corrected chi connectivity index (χ3v) is 4.61. The lowest BCUT2D eigenvalue weighted by atomic mass is 10.0. The second-order valence-electron chi connectivity index (χ2n) is 6.43. The van der Waals surface area contributed by atoms with Crippen LogP contribution in [0.5, 0.6) is 5.75 Å². The molecular weight excluding hydrogens is 294 g/mol. The molecule has 23 heavy (non-hydrogen) atoms. The fourth-order valence-electron chi connectivity index (χ4n) is 3.26. The highest BCUT2D eigenvalue weighted by Gasteiger charge is 2.34. The van der Waals surface area contributed by atoms with Gasteiger partial charge in [0.25, 0.3) is 0 Å². The van der Waals surface area contributed by atoms with E-state index < -0.39 is 0 Å². The van der Waals surface area contributed by atoms with Crippen LogP contribution in [0.25, 0.3) is 0 Å². The summed E-state index contributed by atoms with van der Waals surface area (Å²) in [6, 6.07) is 8.16. The second kappa shape index (κ2) is 5.94. The zero-order valence-corrected chi connectivity index (χ0v) is 13.2. The summed E-state index contributed by atoms with van der Waals surface area (Å²) in [6.45, 7) is 1.21. The fourth-order valence-corrected chi connectivity index (χ4v) is 3.26. The van der Waals surface area contributed by atoms with Gasteiger partial charge in [-0.3, -0.25) is 4.90 Å². The van der Waals surface area contributed by atoms with Crippen LogP contribution in [0.15, 0.2) is 28.8 Å². The number of rotatable bonds is 5. The van der Waals surface area contributed by atoms with E-state index in [9.17, 15) is 5.11 Å². The van der Waals surface area contributed by atoms with Crippen LogP contribution in [0.4, 0.5) is 0 Å². The summed E-state index contributed by atoms with van der Waals surface area (Å²) in [7, 11) is 1.67. The Morgan fingerprint density at radius 3 is 3.04 bits per heavy atom. The van der Waals surface area contributed by atoms with Crippen LogP contribution in [-0.4, -0.2) is 39.9 Å². The molecule has 1 saturated carbocycles. The minimum absolute atomic E-state index is 0.142. The zero-order chi connectivity index (χ0) is 15.8. The summed E-state index contributed by atoms with van der Waals surface area (Å²) in [5, 5.41) is 14.2. The van der Waals surface area contributed by atoms with Crippen molar-refractivity contribution < 1.29 is 14.4 Å². The van der Waals surface area contributed by atoms with Crippen molar-refractivity contribution in [1.29, 1.82) is 0 Å². The predicted molar refractivity (Wildman–Crippen MR) is 83.0 cm³/mol. The SMILES string of the molecule is COc1cccc(C2CC(O)CN2Cc2noc(C3CC3)n2)c1. The van der Waals surface area contributed by atoms with Gasteiger partial charge in [0.2, 0.25) is 5.89 Å². The summed E-state index contributed by atoms with van der Waals surface area (Å²) in [5.41, 5.74) is 1.15. The molecule has 1 saturated heterocycles. The highest BCUT2D eigenvalue weighted by molar-refractivity contribution is 5.31. The number of ether oxygens (including phenoxy) is 1. The Bertz CT molecular complexity index is 683. The molecule has 6 heteroatoms. The molecule has 0 bridgehead atoms. The lowest BCUT2D eigenvalue weighted by Crippen LogP contribution is -2.25. The van der Waals surface area contributed by atoms with Crippen LogP contribution < -0.4 is 4.74 Å². The van der Waals surface area contributed by atoms with Gasteiger partial charge < -0.3 is 14.4 Å². The molecule has 2 unspecified atom stereocenters. The van der Waals surface area contributed by atoms with Gasteiger partial charge in [-0.05, 0) is 37.0 Å². The third kappa shape index (κ3) is 3.09. The maximum atomic E-state index is 10.1. The zero-order valence-electron chi connectivity index (χ0n) is 13.2. The predicted octanol–water partition coefficient (Wildman–Crippen LogP) is 2.26. The normalized spacial score (nSPS) is 25.0. The van der Waals surface area contributed by atoms with Crippen LogP contribution in [0.2, 0.25) is 0 Å². The molecule has 6 nitrogen and oxygen atoms in total. The minimum Gasteiger partial charge on any atom is -0.497 e. The van der Waals surface area contributed by atoms with Crippen molar-refractivity contribution in [1.82, 2.24) is 15.0 Å². The monoisotopic (exact) mass is 315 g/mol. The van der Waals surface area contributed by atoms with Crippen molar-refractivity contribution >= 4 is 0 Å². The molecule has 4 rings (SSSR count). The van der Waals surface area contributed by atoms with Crippen LogP contribution in [0.3, 0.4) is 0 Å². The number of likely N-dealkylation sites (tertiary alicyclic amines) is 1.